The fraction of sp³-hybridized carbons (Fsp3) is 0.500. The van der Waals surface area contributed by atoms with Gasteiger partial charge in [-0.25, -0.2) is 9.97 Å². The van der Waals surface area contributed by atoms with Crippen molar-refractivity contribution < 1.29 is 4.74 Å². The number of hydrogen-bond acceptors (Lipinski definition) is 4. The van der Waals surface area contributed by atoms with Crippen LogP contribution in [0.2, 0.25) is 0 Å². The van der Waals surface area contributed by atoms with Crippen molar-refractivity contribution in [3.63, 3.8) is 0 Å². The van der Waals surface area contributed by atoms with Crippen molar-refractivity contribution in [1.82, 2.24) is 14.5 Å². The molecule has 0 bridgehead atoms. The molecule has 2 N–H and O–H groups in total. The third-order valence-corrected chi connectivity index (χ3v) is 3.37. The molecule has 5 heteroatoms. The van der Waals surface area contributed by atoms with E-state index in [2.05, 4.69) is 16.9 Å². The number of imidazole rings is 1. The maximum Gasteiger partial charge on any atom is 0.202 e. The smallest absolute Gasteiger partial charge is 0.202 e. The van der Waals surface area contributed by atoms with Crippen LogP contribution in [0.4, 0.5) is 5.95 Å². The molecule has 1 aliphatic heterocycles. The van der Waals surface area contributed by atoms with Gasteiger partial charge < -0.3 is 10.5 Å². The maximum atomic E-state index is 6.00. The highest BCUT2D eigenvalue weighted by Crippen LogP contribution is 2.31. The number of fused-ring (bicyclic) bond motifs is 1. The summed E-state index contributed by atoms with van der Waals surface area (Å²) < 4.78 is 7.61. The van der Waals surface area contributed by atoms with Crippen LogP contribution in [-0.4, -0.2) is 27.2 Å². The molecule has 17 heavy (non-hydrogen) atoms. The summed E-state index contributed by atoms with van der Waals surface area (Å²) in [7, 11) is 0. The molecule has 2 aromatic rings. The fourth-order valence-corrected chi connectivity index (χ4v) is 2.47. The Morgan fingerprint density at radius 3 is 2.94 bits per heavy atom. The number of aryl methyl sites for hydroxylation is 1. The SMILES string of the molecule is Cc1ccc2nc(N)n(C3CCOC3C)c2n1. The number of nitrogens with zero attached hydrogens (tertiary/aromatic N) is 3. The Bertz CT molecular complexity index is 563. The second kappa shape index (κ2) is 3.70. The molecule has 5 nitrogen and oxygen atoms in total. The predicted octanol–water partition coefficient (Wildman–Crippen LogP) is 1.67. The van der Waals surface area contributed by atoms with E-state index in [0.717, 1.165) is 29.9 Å². The van der Waals surface area contributed by atoms with Gasteiger partial charge >= 0.3 is 0 Å². The molecule has 0 spiro atoms. The van der Waals surface area contributed by atoms with Gasteiger partial charge in [0.1, 0.15) is 5.52 Å². The van der Waals surface area contributed by atoms with Crippen molar-refractivity contribution in [3.8, 4) is 0 Å². The largest absolute Gasteiger partial charge is 0.376 e. The van der Waals surface area contributed by atoms with Gasteiger partial charge in [-0.2, -0.15) is 0 Å². The van der Waals surface area contributed by atoms with E-state index in [1.165, 1.54) is 0 Å². The predicted molar refractivity (Wildman–Crippen MR) is 65.7 cm³/mol. The van der Waals surface area contributed by atoms with Crippen molar-refractivity contribution in [3.05, 3.63) is 17.8 Å². The van der Waals surface area contributed by atoms with Crippen LogP contribution in [0.5, 0.6) is 0 Å². The second-order valence-corrected chi connectivity index (χ2v) is 4.57. The van der Waals surface area contributed by atoms with E-state index in [1.54, 1.807) is 0 Å². The summed E-state index contributed by atoms with van der Waals surface area (Å²) in [5.74, 6) is 0.528. The first kappa shape index (κ1) is 10.5. The van der Waals surface area contributed by atoms with Crippen LogP contribution in [0, 0.1) is 6.92 Å². The Hall–Kier alpha value is -1.62. The number of anilines is 1. The van der Waals surface area contributed by atoms with Gasteiger partial charge in [0, 0.05) is 12.3 Å². The highest BCUT2D eigenvalue weighted by atomic mass is 16.5. The van der Waals surface area contributed by atoms with Gasteiger partial charge in [0.25, 0.3) is 0 Å². The van der Waals surface area contributed by atoms with E-state index in [4.69, 9.17) is 10.5 Å². The zero-order valence-corrected chi connectivity index (χ0v) is 10.1. The van der Waals surface area contributed by atoms with E-state index in [0.29, 0.717) is 5.95 Å². The summed E-state index contributed by atoms with van der Waals surface area (Å²) in [4.78, 5) is 8.90. The second-order valence-electron chi connectivity index (χ2n) is 4.57. The number of hydrogen-bond donors (Lipinski definition) is 1. The van der Waals surface area contributed by atoms with Crippen LogP contribution < -0.4 is 5.73 Å². The zero-order chi connectivity index (χ0) is 12.0. The minimum atomic E-state index is 0.164. The molecular weight excluding hydrogens is 216 g/mol. The molecule has 1 aliphatic rings. The number of pyridine rings is 1. The molecule has 0 saturated carbocycles. The summed E-state index contributed by atoms with van der Waals surface area (Å²) in [5.41, 5.74) is 8.70. The lowest BCUT2D eigenvalue weighted by molar-refractivity contribution is 0.108. The fourth-order valence-electron chi connectivity index (χ4n) is 2.47. The number of ether oxygens (including phenoxy) is 1. The molecule has 2 aromatic heterocycles. The van der Waals surface area contributed by atoms with Gasteiger partial charge in [0.2, 0.25) is 5.95 Å². The van der Waals surface area contributed by atoms with Crippen LogP contribution in [0.3, 0.4) is 0 Å². The lowest BCUT2D eigenvalue weighted by Crippen LogP contribution is -2.19. The van der Waals surface area contributed by atoms with Crippen molar-refractivity contribution in [2.24, 2.45) is 0 Å². The summed E-state index contributed by atoms with van der Waals surface area (Å²) in [6, 6.07) is 4.16. The van der Waals surface area contributed by atoms with Crippen molar-refractivity contribution in [2.75, 3.05) is 12.3 Å². The maximum absolute atomic E-state index is 6.00. The lowest BCUT2D eigenvalue weighted by atomic mass is 10.1. The Morgan fingerprint density at radius 2 is 2.24 bits per heavy atom. The van der Waals surface area contributed by atoms with Crippen molar-refractivity contribution in [1.29, 1.82) is 0 Å². The first-order valence-corrected chi connectivity index (χ1v) is 5.89. The van der Waals surface area contributed by atoms with Gasteiger partial charge in [-0.1, -0.05) is 0 Å². The number of aromatic nitrogens is 3. The number of rotatable bonds is 1. The molecule has 2 unspecified atom stereocenters. The van der Waals surface area contributed by atoms with Crippen molar-refractivity contribution >= 4 is 17.1 Å². The lowest BCUT2D eigenvalue weighted by Gasteiger charge is -2.17. The quantitative estimate of drug-likeness (QED) is 0.812. The van der Waals surface area contributed by atoms with E-state index in [9.17, 15) is 0 Å². The summed E-state index contributed by atoms with van der Waals surface area (Å²) in [6.45, 7) is 4.82. The first-order chi connectivity index (χ1) is 8.16. The molecule has 1 fully saturated rings. The Labute approximate surface area is 99.6 Å². The molecule has 1 saturated heterocycles. The van der Waals surface area contributed by atoms with Crippen LogP contribution in [0.15, 0.2) is 12.1 Å². The normalized spacial score (nSPS) is 24.6. The van der Waals surface area contributed by atoms with Crippen LogP contribution in [0.1, 0.15) is 25.1 Å². The first-order valence-electron chi connectivity index (χ1n) is 5.89. The molecule has 3 heterocycles. The molecule has 2 atom stereocenters. The summed E-state index contributed by atoms with van der Waals surface area (Å²) in [6.07, 6.45) is 1.13. The van der Waals surface area contributed by atoms with E-state index in [1.807, 2.05) is 23.6 Å². The standard InChI is InChI=1S/C12H16N4O/c1-7-3-4-9-11(14-7)16(12(13)15-9)10-5-6-17-8(10)2/h3-4,8,10H,5-6H2,1-2H3,(H2,13,15). The summed E-state index contributed by atoms with van der Waals surface area (Å²) >= 11 is 0. The van der Waals surface area contributed by atoms with Gasteiger partial charge in [-0.15, -0.1) is 0 Å². The third kappa shape index (κ3) is 1.58. The Balaban J connectivity index is 2.20. The molecule has 90 valence electrons. The average Bonchev–Trinajstić information content (AvgIpc) is 2.81. The number of nitrogen functional groups attached to an aromatic ring is 1. The zero-order valence-electron chi connectivity index (χ0n) is 10.1. The van der Waals surface area contributed by atoms with Gasteiger partial charge in [0.15, 0.2) is 5.65 Å². The molecule has 3 rings (SSSR count). The molecule has 0 radical (unpaired) electrons. The van der Waals surface area contributed by atoms with Crippen molar-refractivity contribution in [2.45, 2.75) is 32.4 Å². The van der Waals surface area contributed by atoms with Gasteiger partial charge in [-0.05, 0) is 32.4 Å². The minimum absolute atomic E-state index is 0.164. The highest BCUT2D eigenvalue weighted by molar-refractivity contribution is 5.74. The Morgan fingerprint density at radius 1 is 1.41 bits per heavy atom. The highest BCUT2D eigenvalue weighted by Gasteiger charge is 2.29. The average molecular weight is 232 g/mol. The number of nitrogens with two attached hydrogens (primary N) is 1. The molecule has 0 aliphatic carbocycles. The van der Waals surface area contributed by atoms with Crippen LogP contribution in [-0.2, 0) is 4.74 Å². The third-order valence-electron chi connectivity index (χ3n) is 3.37. The topological polar surface area (TPSA) is 66.0 Å². The van der Waals surface area contributed by atoms with Gasteiger partial charge in [-0.3, -0.25) is 4.57 Å². The minimum Gasteiger partial charge on any atom is -0.376 e. The van der Waals surface area contributed by atoms with E-state index >= 15 is 0 Å². The van der Waals surface area contributed by atoms with Gasteiger partial charge in [0.05, 0.1) is 12.1 Å². The van der Waals surface area contributed by atoms with E-state index in [-0.39, 0.29) is 12.1 Å². The monoisotopic (exact) mass is 232 g/mol. The Kier molecular flexibility index (Phi) is 2.29. The molecule has 0 aromatic carbocycles. The van der Waals surface area contributed by atoms with E-state index < -0.39 is 0 Å². The molecular formula is C12H16N4O. The molecule has 0 amide bonds. The van der Waals surface area contributed by atoms with Crippen LogP contribution >= 0.6 is 0 Å². The van der Waals surface area contributed by atoms with Crippen LogP contribution in [0.25, 0.3) is 11.2 Å². The summed E-state index contributed by atoms with van der Waals surface area (Å²) in [5, 5.41) is 0.